The standard InChI is InChI=1S/C10H18ClN/c1-9(12-8-4-7-11)10-5-2-3-6-10/h4,7,9-10,12H,2-3,5-6,8H2,1H3/b7-4+. The third kappa shape index (κ3) is 3.16. The molecule has 1 aliphatic carbocycles. The quantitative estimate of drug-likeness (QED) is 0.714. The number of hydrogen-bond acceptors (Lipinski definition) is 1. The first-order valence-electron chi connectivity index (χ1n) is 4.83. The molecule has 2 heteroatoms. The van der Waals surface area contributed by atoms with Crippen LogP contribution in [0.3, 0.4) is 0 Å². The van der Waals surface area contributed by atoms with Crippen LogP contribution < -0.4 is 5.32 Å². The van der Waals surface area contributed by atoms with Crippen molar-refractivity contribution in [3.05, 3.63) is 11.6 Å². The molecule has 1 atom stereocenters. The topological polar surface area (TPSA) is 12.0 Å². The lowest BCUT2D eigenvalue weighted by molar-refractivity contribution is 0.394. The van der Waals surface area contributed by atoms with E-state index in [1.165, 1.54) is 25.7 Å². The molecule has 1 fully saturated rings. The smallest absolute Gasteiger partial charge is 0.0149 e. The summed E-state index contributed by atoms with van der Waals surface area (Å²) in [7, 11) is 0. The van der Waals surface area contributed by atoms with E-state index < -0.39 is 0 Å². The van der Waals surface area contributed by atoms with Crippen LogP contribution in [-0.2, 0) is 0 Å². The first-order valence-corrected chi connectivity index (χ1v) is 5.27. The molecule has 70 valence electrons. The van der Waals surface area contributed by atoms with Crippen LogP contribution in [0.25, 0.3) is 0 Å². The van der Waals surface area contributed by atoms with Crippen LogP contribution in [0.4, 0.5) is 0 Å². The monoisotopic (exact) mass is 187 g/mol. The van der Waals surface area contributed by atoms with Gasteiger partial charge >= 0.3 is 0 Å². The molecule has 1 aliphatic rings. The minimum absolute atomic E-state index is 0.653. The van der Waals surface area contributed by atoms with Crippen LogP contribution in [0, 0.1) is 5.92 Å². The lowest BCUT2D eigenvalue weighted by atomic mass is 10.00. The summed E-state index contributed by atoms with van der Waals surface area (Å²) in [5, 5.41) is 3.45. The molecule has 1 nitrogen and oxygen atoms in total. The van der Waals surface area contributed by atoms with E-state index in [1.54, 1.807) is 5.54 Å². The molecule has 0 aromatic heterocycles. The molecule has 1 N–H and O–H groups in total. The van der Waals surface area contributed by atoms with Crippen molar-refractivity contribution < 1.29 is 0 Å². The summed E-state index contributed by atoms with van der Waals surface area (Å²) >= 11 is 5.42. The highest BCUT2D eigenvalue weighted by molar-refractivity contribution is 6.25. The van der Waals surface area contributed by atoms with Crippen LogP contribution in [-0.4, -0.2) is 12.6 Å². The van der Waals surface area contributed by atoms with Crippen molar-refractivity contribution in [1.29, 1.82) is 0 Å². The lowest BCUT2D eigenvalue weighted by Crippen LogP contribution is -2.32. The Bertz CT molecular complexity index is 139. The van der Waals surface area contributed by atoms with Gasteiger partial charge in [-0.25, -0.2) is 0 Å². The predicted octanol–water partition coefficient (Wildman–Crippen LogP) is 2.91. The molecular formula is C10H18ClN. The zero-order valence-electron chi connectivity index (χ0n) is 7.72. The second-order valence-corrected chi connectivity index (χ2v) is 3.86. The van der Waals surface area contributed by atoms with Gasteiger partial charge in [0.1, 0.15) is 0 Å². The first-order chi connectivity index (χ1) is 5.84. The summed E-state index contributed by atoms with van der Waals surface area (Å²) in [6.07, 6.45) is 7.59. The van der Waals surface area contributed by atoms with Crippen molar-refractivity contribution in [2.45, 2.75) is 38.6 Å². The molecule has 0 aromatic carbocycles. The normalized spacial score (nSPS) is 22.2. The Morgan fingerprint density at radius 2 is 2.17 bits per heavy atom. The molecule has 0 aliphatic heterocycles. The third-order valence-electron chi connectivity index (χ3n) is 2.75. The molecule has 12 heavy (non-hydrogen) atoms. The van der Waals surface area contributed by atoms with Crippen LogP contribution in [0.5, 0.6) is 0 Å². The van der Waals surface area contributed by atoms with Crippen LogP contribution in [0.15, 0.2) is 11.6 Å². The van der Waals surface area contributed by atoms with Gasteiger partial charge in [0.15, 0.2) is 0 Å². The van der Waals surface area contributed by atoms with Crippen molar-refractivity contribution >= 4 is 11.6 Å². The minimum Gasteiger partial charge on any atom is -0.310 e. The van der Waals surface area contributed by atoms with E-state index in [1.807, 2.05) is 6.08 Å². The fraction of sp³-hybridized carbons (Fsp3) is 0.800. The molecule has 0 radical (unpaired) electrons. The molecule has 1 unspecified atom stereocenters. The number of nitrogens with one attached hydrogen (secondary N) is 1. The molecular weight excluding hydrogens is 170 g/mol. The van der Waals surface area contributed by atoms with E-state index in [4.69, 9.17) is 11.6 Å². The van der Waals surface area contributed by atoms with Gasteiger partial charge in [0.2, 0.25) is 0 Å². The van der Waals surface area contributed by atoms with Crippen molar-refractivity contribution in [2.75, 3.05) is 6.54 Å². The Morgan fingerprint density at radius 1 is 1.50 bits per heavy atom. The summed E-state index contributed by atoms with van der Waals surface area (Å²) in [6.45, 7) is 3.18. The van der Waals surface area contributed by atoms with Crippen LogP contribution in [0.2, 0.25) is 0 Å². The zero-order valence-corrected chi connectivity index (χ0v) is 8.48. The predicted molar refractivity (Wildman–Crippen MR) is 54.4 cm³/mol. The molecule has 0 saturated heterocycles. The minimum atomic E-state index is 0.653. The highest BCUT2D eigenvalue weighted by atomic mass is 35.5. The van der Waals surface area contributed by atoms with Gasteiger partial charge in [-0.3, -0.25) is 0 Å². The van der Waals surface area contributed by atoms with Gasteiger partial charge in [-0.2, -0.15) is 0 Å². The van der Waals surface area contributed by atoms with E-state index in [0.29, 0.717) is 6.04 Å². The van der Waals surface area contributed by atoms with E-state index in [0.717, 1.165) is 12.5 Å². The Hall–Kier alpha value is -0.0100. The SMILES string of the molecule is CC(NC/C=C/Cl)C1CCCC1. The van der Waals surface area contributed by atoms with E-state index in [9.17, 15) is 0 Å². The van der Waals surface area contributed by atoms with Gasteiger partial charge < -0.3 is 5.32 Å². The summed E-state index contributed by atoms with van der Waals surface area (Å²) in [5.74, 6) is 0.897. The van der Waals surface area contributed by atoms with E-state index >= 15 is 0 Å². The van der Waals surface area contributed by atoms with Crippen molar-refractivity contribution in [3.63, 3.8) is 0 Å². The highest BCUT2D eigenvalue weighted by Crippen LogP contribution is 2.27. The van der Waals surface area contributed by atoms with Crippen molar-refractivity contribution in [2.24, 2.45) is 5.92 Å². The Balaban J connectivity index is 2.13. The van der Waals surface area contributed by atoms with Crippen molar-refractivity contribution in [1.82, 2.24) is 5.32 Å². The zero-order chi connectivity index (χ0) is 8.81. The Labute approximate surface area is 80.2 Å². The molecule has 0 bridgehead atoms. The number of rotatable bonds is 4. The molecule has 1 rings (SSSR count). The van der Waals surface area contributed by atoms with Gasteiger partial charge in [-0.15, -0.1) is 0 Å². The van der Waals surface area contributed by atoms with E-state index in [-0.39, 0.29) is 0 Å². The maximum atomic E-state index is 5.42. The summed E-state index contributed by atoms with van der Waals surface area (Å²) in [4.78, 5) is 0. The highest BCUT2D eigenvalue weighted by Gasteiger charge is 2.20. The second kappa shape index (κ2) is 5.60. The molecule has 0 spiro atoms. The van der Waals surface area contributed by atoms with Crippen LogP contribution >= 0.6 is 11.6 Å². The lowest BCUT2D eigenvalue weighted by Gasteiger charge is -2.19. The molecule has 0 heterocycles. The molecule has 0 aromatic rings. The summed E-state index contributed by atoms with van der Waals surface area (Å²) in [5.41, 5.74) is 1.58. The first kappa shape index (κ1) is 10.1. The summed E-state index contributed by atoms with van der Waals surface area (Å²) in [6, 6.07) is 0.653. The van der Waals surface area contributed by atoms with Crippen LogP contribution in [0.1, 0.15) is 32.6 Å². The Kier molecular flexibility index (Phi) is 4.70. The largest absolute Gasteiger partial charge is 0.310 e. The van der Waals surface area contributed by atoms with Gasteiger partial charge in [0, 0.05) is 18.1 Å². The van der Waals surface area contributed by atoms with Gasteiger partial charge in [0.25, 0.3) is 0 Å². The average molecular weight is 188 g/mol. The van der Waals surface area contributed by atoms with Crippen molar-refractivity contribution in [3.8, 4) is 0 Å². The molecule has 1 saturated carbocycles. The molecule has 0 amide bonds. The maximum absolute atomic E-state index is 5.42. The Morgan fingerprint density at radius 3 is 2.75 bits per heavy atom. The summed E-state index contributed by atoms with van der Waals surface area (Å²) < 4.78 is 0. The maximum Gasteiger partial charge on any atom is 0.0149 e. The fourth-order valence-corrected chi connectivity index (χ4v) is 2.01. The second-order valence-electron chi connectivity index (χ2n) is 3.60. The van der Waals surface area contributed by atoms with Gasteiger partial charge in [-0.05, 0) is 25.7 Å². The number of hydrogen-bond donors (Lipinski definition) is 1. The average Bonchev–Trinajstić information content (AvgIpc) is 2.56. The fourth-order valence-electron chi connectivity index (χ4n) is 1.92. The number of halogens is 1. The van der Waals surface area contributed by atoms with Gasteiger partial charge in [0.05, 0.1) is 0 Å². The third-order valence-corrected chi connectivity index (χ3v) is 2.93. The van der Waals surface area contributed by atoms with Gasteiger partial charge in [-0.1, -0.05) is 30.5 Å². The van der Waals surface area contributed by atoms with E-state index in [2.05, 4.69) is 12.2 Å².